The summed E-state index contributed by atoms with van der Waals surface area (Å²) in [4.78, 5) is 1.24. The van der Waals surface area contributed by atoms with Crippen molar-refractivity contribution in [1.29, 1.82) is 0 Å². The molecule has 0 N–H and O–H groups in total. The van der Waals surface area contributed by atoms with Crippen LogP contribution in [0.1, 0.15) is 34.1 Å². The maximum atomic E-state index is 4.17. The average molecular weight is 593 g/mol. The highest BCUT2D eigenvalue weighted by molar-refractivity contribution is 7.26. The number of benzene rings is 5. The van der Waals surface area contributed by atoms with Gasteiger partial charge in [-0.2, -0.15) is 0 Å². The van der Waals surface area contributed by atoms with Crippen molar-refractivity contribution in [3.8, 4) is 0 Å². The fraction of sp³-hybridized carbons (Fsp3) is 0.0769. The Hall–Kier alpha value is -4.02. The normalized spacial score (nSPS) is 12.4. The van der Waals surface area contributed by atoms with Crippen LogP contribution in [0.2, 0.25) is 0 Å². The van der Waals surface area contributed by atoms with E-state index in [1.165, 1.54) is 83.1 Å². The van der Waals surface area contributed by atoms with Crippen LogP contribution in [-0.4, -0.2) is 0 Å². The van der Waals surface area contributed by atoms with Crippen molar-refractivity contribution in [3.05, 3.63) is 142 Å². The van der Waals surface area contributed by atoms with Crippen LogP contribution in [0.5, 0.6) is 0 Å². The van der Waals surface area contributed by atoms with Gasteiger partial charge in [0, 0.05) is 60.9 Å². The van der Waals surface area contributed by atoms with Crippen molar-refractivity contribution >= 4 is 96.6 Å². The highest BCUT2D eigenvalue weighted by atomic mass is 32.1. The molecule has 0 radical (unpaired) electrons. The number of hydrogen-bond acceptors (Lipinski definition) is 3. The zero-order chi connectivity index (χ0) is 28.2. The first kappa shape index (κ1) is 25.7. The van der Waals surface area contributed by atoms with E-state index in [1.807, 2.05) is 40.1 Å². The van der Waals surface area contributed by atoms with Crippen molar-refractivity contribution < 1.29 is 0 Å². The van der Waals surface area contributed by atoms with Crippen LogP contribution in [0, 0.1) is 0 Å². The molecule has 8 aromatic rings. The van der Waals surface area contributed by atoms with E-state index in [2.05, 4.69) is 123 Å². The highest BCUT2D eigenvalue weighted by Crippen LogP contribution is 2.40. The summed E-state index contributed by atoms with van der Waals surface area (Å²) in [6.07, 6.45) is 6.29. The van der Waals surface area contributed by atoms with Crippen LogP contribution in [0.4, 0.5) is 0 Å². The van der Waals surface area contributed by atoms with E-state index >= 15 is 0 Å². The Morgan fingerprint density at radius 2 is 1.21 bits per heavy atom. The molecule has 42 heavy (non-hydrogen) atoms. The summed E-state index contributed by atoms with van der Waals surface area (Å²) in [6.45, 7) is 6.44. The largest absolute Gasteiger partial charge is 0.135 e. The van der Waals surface area contributed by atoms with Crippen molar-refractivity contribution in [1.82, 2.24) is 0 Å². The molecule has 0 saturated heterocycles. The molecular weight excluding hydrogens is 565 g/mol. The predicted molar refractivity (Wildman–Crippen MR) is 191 cm³/mol. The highest BCUT2D eigenvalue weighted by Gasteiger charge is 2.14. The molecule has 0 aliphatic carbocycles. The van der Waals surface area contributed by atoms with Crippen molar-refractivity contribution in [3.63, 3.8) is 0 Å². The Kier molecular flexibility index (Phi) is 6.33. The molecule has 0 fully saturated rings. The number of thiophene rings is 3. The number of rotatable bonds is 6. The molecule has 0 aliphatic rings. The molecule has 0 amide bonds. The zero-order valence-corrected chi connectivity index (χ0v) is 25.8. The van der Waals surface area contributed by atoms with Gasteiger partial charge in [-0.3, -0.25) is 0 Å². The average Bonchev–Trinajstić information content (AvgIpc) is 3.69. The lowest BCUT2D eigenvalue weighted by molar-refractivity contribution is 1.18. The second-order valence-corrected chi connectivity index (χ2v) is 14.2. The lowest BCUT2D eigenvalue weighted by atomic mass is 9.98. The van der Waals surface area contributed by atoms with Gasteiger partial charge in [0.2, 0.25) is 0 Å². The van der Waals surface area contributed by atoms with Crippen LogP contribution in [0.25, 0.3) is 62.6 Å². The molecule has 3 aromatic heterocycles. The van der Waals surface area contributed by atoms with E-state index in [-0.39, 0.29) is 0 Å². The second kappa shape index (κ2) is 10.4. The molecule has 0 atom stereocenters. The van der Waals surface area contributed by atoms with E-state index in [0.29, 0.717) is 0 Å². The maximum Gasteiger partial charge on any atom is 0.0390 e. The maximum absolute atomic E-state index is 4.17. The first-order chi connectivity index (χ1) is 20.7. The SMILES string of the molecule is C=Cc1sc2ccc(Cc3cccc4c3sc3ccccc34)cc2c1/C=C(\C)Cc1cccc2c1sc1ccccc12. The summed E-state index contributed by atoms with van der Waals surface area (Å²) in [6, 6.07) is 38.1. The minimum Gasteiger partial charge on any atom is -0.135 e. The summed E-state index contributed by atoms with van der Waals surface area (Å²) in [5.41, 5.74) is 6.82. The van der Waals surface area contributed by atoms with E-state index in [4.69, 9.17) is 0 Å². The minimum absolute atomic E-state index is 0.926. The summed E-state index contributed by atoms with van der Waals surface area (Å²) in [5.74, 6) is 0. The van der Waals surface area contributed by atoms with Gasteiger partial charge in [0.05, 0.1) is 0 Å². The third-order valence-corrected chi connectivity index (χ3v) is 11.9. The topological polar surface area (TPSA) is 0 Å². The standard InChI is InChI=1S/C39H28S3/c1-3-34-32(21-24(2)20-26-10-8-14-30-28-12-4-6-16-35(28)41-38(26)30)33-23-25(18-19-37(33)40-34)22-27-11-9-15-31-29-13-5-7-17-36(29)42-39(27)31/h3-19,21,23H,1,20,22H2,2H3/b24-21+. The number of hydrogen-bond donors (Lipinski definition) is 0. The second-order valence-electron chi connectivity index (χ2n) is 11.0. The van der Waals surface area contributed by atoms with Gasteiger partial charge < -0.3 is 0 Å². The molecular formula is C39H28S3. The predicted octanol–water partition coefficient (Wildman–Crippen LogP) is 12.5. The molecule has 3 heterocycles. The number of allylic oxidation sites excluding steroid dienone is 1. The first-order valence-corrected chi connectivity index (χ1v) is 16.7. The quantitative estimate of drug-likeness (QED) is 0.180. The third kappa shape index (κ3) is 4.32. The Morgan fingerprint density at radius 1 is 0.619 bits per heavy atom. The Morgan fingerprint density at radius 3 is 1.90 bits per heavy atom. The van der Waals surface area contributed by atoms with E-state index in [9.17, 15) is 0 Å². The smallest absolute Gasteiger partial charge is 0.0390 e. The van der Waals surface area contributed by atoms with Gasteiger partial charge in [-0.25, -0.2) is 0 Å². The molecule has 3 heteroatoms. The lowest BCUT2D eigenvalue weighted by Gasteiger charge is -2.07. The summed E-state index contributed by atoms with van der Waals surface area (Å²) in [5, 5.41) is 6.78. The monoisotopic (exact) mass is 592 g/mol. The molecule has 0 saturated carbocycles. The summed E-state index contributed by atoms with van der Waals surface area (Å²) >= 11 is 5.67. The lowest BCUT2D eigenvalue weighted by Crippen LogP contribution is -1.89. The van der Waals surface area contributed by atoms with Crippen molar-refractivity contribution in [2.75, 3.05) is 0 Å². The van der Waals surface area contributed by atoms with Crippen LogP contribution < -0.4 is 0 Å². The van der Waals surface area contributed by atoms with Crippen LogP contribution in [0.3, 0.4) is 0 Å². The van der Waals surface area contributed by atoms with Crippen LogP contribution in [0.15, 0.2) is 115 Å². The van der Waals surface area contributed by atoms with Gasteiger partial charge in [-0.15, -0.1) is 34.0 Å². The Labute approximate surface area is 257 Å². The van der Waals surface area contributed by atoms with Gasteiger partial charge in [0.15, 0.2) is 0 Å². The molecule has 0 bridgehead atoms. The van der Waals surface area contributed by atoms with Crippen molar-refractivity contribution in [2.24, 2.45) is 0 Å². The first-order valence-electron chi connectivity index (χ1n) is 14.3. The van der Waals surface area contributed by atoms with Crippen LogP contribution >= 0.6 is 34.0 Å². The molecule has 0 spiro atoms. The number of fused-ring (bicyclic) bond motifs is 7. The van der Waals surface area contributed by atoms with Crippen LogP contribution in [-0.2, 0) is 12.8 Å². The van der Waals surface area contributed by atoms with E-state index < -0.39 is 0 Å². The van der Waals surface area contributed by atoms with Gasteiger partial charge >= 0.3 is 0 Å². The molecule has 0 unspecified atom stereocenters. The summed E-state index contributed by atoms with van der Waals surface area (Å²) < 4.78 is 6.85. The zero-order valence-electron chi connectivity index (χ0n) is 23.3. The molecule has 8 rings (SSSR count). The van der Waals surface area contributed by atoms with Gasteiger partial charge in [-0.1, -0.05) is 103 Å². The third-order valence-electron chi connectivity index (χ3n) is 8.23. The van der Waals surface area contributed by atoms with Gasteiger partial charge in [0.1, 0.15) is 0 Å². The Balaban J connectivity index is 1.17. The van der Waals surface area contributed by atoms with E-state index in [0.717, 1.165) is 12.8 Å². The van der Waals surface area contributed by atoms with Gasteiger partial charge in [0.25, 0.3) is 0 Å². The summed E-state index contributed by atoms with van der Waals surface area (Å²) in [7, 11) is 0. The molecule has 0 aliphatic heterocycles. The van der Waals surface area contributed by atoms with Crippen molar-refractivity contribution in [2.45, 2.75) is 19.8 Å². The molecule has 5 aromatic carbocycles. The molecule has 0 nitrogen and oxygen atoms in total. The fourth-order valence-electron chi connectivity index (χ4n) is 6.30. The minimum atomic E-state index is 0.926. The van der Waals surface area contributed by atoms with E-state index in [1.54, 1.807) is 0 Å². The molecule has 202 valence electrons. The fourth-order valence-corrected chi connectivity index (χ4v) is 9.74. The van der Waals surface area contributed by atoms with Gasteiger partial charge in [-0.05, 0) is 60.7 Å². The Bertz CT molecular complexity index is 2340.